The second-order valence-electron chi connectivity index (χ2n) is 3.88. The van der Waals surface area contributed by atoms with Crippen LogP contribution in [0.25, 0.3) is 0 Å². The average Bonchev–Trinajstić information content (AvgIpc) is 2.41. The number of rotatable bonds is 3. The van der Waals surface area contributed by atoms with Gasteiger partial charge in [0.2, 0.25) is 0 Å². The minimum absolute atomic E-state index is 0.204. The largest absolute Gasteiger partial charge is 0.506 e. The van der Waals surface area contributed by atoms with E-state index in [2.05, 4.69) is 9.97 Å². The Labute approximate surface area is 117 Å². The summed E-state index contributed by atoms with van der Waals surface area (Å²) in [7, 11) is -4.08. The molecule has 2 rings (SSSR count). The maximum absolute atomic E-state index is 12.4. The van der Waals surface area contributed by atoms with E-state index in [1.807, 2.05) is 4.72 Å². The summed E-state index contributed by atoms with van der Waals surface area (Å²) in [6.07, 6.45) is -1.74. The number of sulfonamides is 1. The highest BCUT2D eigenvalue weighted by Crippen LogP contribution is 2.33. The first-order valence-electron chi connectivity index (χ1n) is 5.39. The van der Waals surface area contributed by atoms with Crippen LogP contribution in [0, 0.1) is 0 Å². The molecule has 21 heavy (non-hydrogen) atoms. The van der Waals surface area contributed by atoms with E-state index < -0.39 is 33.3 Å². The van der Waals surface area contributed by atoms with E-state index in [0.29, 0.717) is 12.3 Å². The molecule has 0 bridgehead atoms. The van der Waals surface area contributed by atoms with Crippen LogP contribution in [-0.2, 0) is 16.2 Å². The Bertz CT molecular complexity index is 748. The molecular weight excluding hydrogens is 311 g/mol. The van der Waals surface area contributed by atoms with Gasteiger partial charge in [0, 0.05) is 18.5 Å². The van der Waals surface area contributed by atoms with Gasteiger partial charge >= 0.3 is 6.18 Å². The van der Waals surface area contributed by atoms with Crippen LogP contribution in [0.5, 0.6) is 5.75 Å². The lowest BCUT2D eigenvalue weighted by atomic mass is 10.3. The molecule has 0 radical (unpaired) electrons. The maximum atomic E-state index is 12.4. The molecule has 0 saturated heterocycles. The van der Waals surface area contributed by atoms with Crippen LogP contribution in [0.1, 0.15) is 5.69 Å². The van der Waals surface area contributed by atoms with Crippen molar-refractivity contribution in [1.82, 2.24) is 9.97 Å². The lowest BCUT2D eigenvalue weighted by Crippen LogP contribution is -2.14. The fourth-order valence-electron chi connectivity index (χ4n) is 1.39. The third-order valence-corrected chi connectivity index (χ3v) is 3.71. The summed E-state index contributed by atoms with van der Waals surface area (Å²) in [5, 5.41) is 9.48. The number of alkyl halides is 3. The normalized spacial score (nSPS) is 12.1. The number of hydrogen-bond donors (Lipinski definition) is 2. The Morgan fingerprint density at radius 2 is 1.95 bits per heavy atom. The first kappa shape index (κ1) is 15.0. The summed E-state index contributed by atoms with van der Waals surface area (Å²) in [5.74, 6) is -0.884. The van der Waals surface area contributed by atoms with Crippen LogP contribution in [0.15, 0.2) is 41.7 Å². The van der Waals surface area contributed by atoms with Crippen LogP contribution in [0.4, 0.5) is 18.9 Å². The van der Waals surface area contributed by atoms with Crippen LogP contribution >= 0.6 is 0 Å². The maximum Gasteiger partial charge on any atom is 0.433 e. The van der Waals surface area contributed by atoms with E-state index in [1.54, 1.807) is 0 Å². The SMILES string of the molecule is O=S(=O)(Nc1cnc(C(F)(F)F)cc1O)c1cccnc1. The number of nitrogens with one attached hydrogen (secondary N) is 1. The first-order chi connectivity index (χ1) is 9.70. The third kappa shape index (κ3) is 3.40. The first-order valence-corrected chi connectivity index (χ1v) is 6.87. The van der Waals surface area contributed by atoms with Gasteiger partial charge < -0.3 is 5.11 Å². The zero-order valence-electron chi connectivity index (χ0n) is 10.2. The van der Waals surface area contributed by atoms with E-state index >= 15 is 0 Å². The standard InChI is InChI=1S/C11H8F3N3O3S/c12-11(13,14)10-4-9(18)8(6-16-10)17-21(19,20)7-2-1-3-15-5-7/h1-6,17H,(H,16,18). The number of aromatic nitrogens is 2. The number of aromatic hydroxyl groups is 1. The van der Waals surface area contributed by atoms with Gasteiger partial charge in [-0.2, -0.15) is 13.2 Å². The Kier molecular flexibility index (Phi) is 3.73. The molecule has 112 valence electrons. The minimum atomic E-state index is -4.74. The highest BCUT2D eigenvalue weighted by Gasteiger charge is 2.33. The van der Waals surface area contributed by atoms with E-state index in [4.69, 9.17) is 0 Å². The zero-order valence-corrected chi connectivity index (χ0v) is 11.0. The molecular formula is C11H8F3N3O3S. The number of halogens is 3. The summed E-state index contributed by atoms with van der Waals surface area (Å²) < 4.78 is 62.9. The molecule has 2 N–H and O–H groups in total. The van der Waals surface area contributed by atoms with Crippen molar-refractivity contribution >= 4 is 15.7 Å². The van der Waals surface area contributed by atoms with Crippen molar-refractivity contribution < 1.29 is 26.7 Å². The second kappa shape index (κ2) is 5.20. The molecule has 0 atom stereocenters. The monoisotopic (exact) mass is 319 g/mol. The molecule has 2 aromatic rings. The van der Waals surface area contributed by atoms with Crippen molar-refractivity contribution in [1.29, 1.82) is 0 Å². The number of nitrogens with zero attached hydrogens (tertiary/aromatic N) is 2. The van der Waals surface area contributed by atoms with Gasteiger partial charge in [-0.15, -0.1) is 0 Å². The summed E-state index contributed by atoms with van der Waals surface area (Å²) >= 11 is 0. The fourth-order valence-corrected chi connectivity index (χ4v) is 2.41. The molecule has 0 aliphatic heterocycles. The topological polar surface area (TPSA) is 92.2 Å². The van der Waals surface area contributed by atoms with Crippen LogP contribution in [0.2, 0.25) is 0 Å². The molecule has 2 aromatic heterocycles. The predicted molar refractivity (Wildman–Crippen MR) is 65.9 cm³/mol. The molecule has 2 heterocycles. The van der Waals surface area contributed by atoms with Gasteiger partial charge in [-0.25, -0.2) is 13.4 Å². The summed E-state index contributed by atoms with van der Waals surface area (Å²) in [5.41, 5.74) is -1.80. The van der Waals surface area contributed by atoms with Gasteiger partial charge in [0.05, 0.1) is 6.20 Å². The smallest absolute Gasteiger partial charge is 0.433 e. The molecule has 0 amide bonds. The lowest BCUT2D eigenvalue weighted by Gasteiger charge is -2.11. The van der Waals surface area contributed by atoms with E-state index in [1.165, 1.54) is 18.3 Å². The lowest BCUT2D eigenvalue weighted by molar-refractivity contribution is -0.141. The average molecular weight is 319 g/mol. The number of pyridine rings is 2. The Morgan fingerprint density at radius 1 is 1.24 bits per heavy atom. The van der Waals surface area contributed by atoms with E-state index in [-0.39, 0.29) is 4.90 Å². The molecule has 0 spiro atoms. The van der Waals surface area contributed by atoms with Crippen molar-refractivity contribution in [3.63, 3.8) is 0 Å². The quantitative estimate of drug-likeness (QED) is 0.903. The molecule has 0 fully saturated rings. The Balaban J connectivity index is 2.33. The second-order valence-corrected chi connectivity index (χ2v) is 5.56. The van der Waals surface area contributed by atoms with Gasteiger partial charge in [-0.3, -0.25) is 9.71 Å². The van der Waals surface area contributed by atoms with Crippen molar-refractivity contribution in [2.45, 2.75) is 11.1 Å². The van der Waals surface area contributed by atoms with Gasteiger partial charge in [-0.05, 0) is 12.1 Å². The van der Waals surface area contributed by atoms with Crippen LogP contribution in [0.3, 0.4) is 0 Å². The minimum Gasteiger partial charge on any atom is -0.506 e. The van der Waals surface area contributed by atoms with Crippen LogP contribution in [-0.4, -0.2) is 23.5 Å². The fraction of sp³-hybridized carbons (Fsp3) is 0.0909. The van der Waals surface area contributed by atoms with Crippen molar-refractivity contribution in [3.05, 3.63) is 42.5 Å². The summed E-state index contributed by atoms with van der Waals surface area (Å²) in [6.45, 7) is 0. The highest BCUT2D eigenvalue weighted by atomic mass is 32.2. The molecule has 0 aromatic carbocycles. The molecule has 10 heteroatoms. The zero-order chi connectivity index (χ0) is 15.7. The van der Waals surface area contributed by atoms with Crippen molar-refractivity contribution in [2.75, 3.05) is 4.72 Å². The predicted octanol–water partition coefficient (Wildman–Crippen LogP) is 2.00. The van der Waals surface area contributed by atoms with Crippen molar-refractivity contribution in [3.8, 4) is 5.75 Å². The van der Waals surface area contributed by atoms with Gasteiger partial charge in [0.1, 0.15) is 22.0 Å². The Morgan fingerprint density at radius 3 is 2.48 bits per heavy atom. The Hall–Kier alpha value is -2.36. The summed E-state index contributed by atoms with van der Waals surface area (Å²) in [6, 6.07) is 2.95. The number of anilines is 1. The van der Waals surface area contributed by atoms with Crippen molar-refractivity contribution in [2.24, 2.45) is 0 Å². The molecule has 0 saturated carbocycles. The van der Waals surface area contributed by atoms with E-state index in [9.17, 15) is 26.7 Å². The number of hydrogen-bond acceptors (Lipinski definition) is 5. The van der Waals surface area contributed by atoms with E-state index in [0.717, 1.165) is 6.20 Å². The van der Waals surface area contributed by atoms with Gasteiger partial charge in [0.15, 0.2) is 0 Å². The molecule has 6 nitrogen and oxygen atoms in total. The van der Waals surface area contributed by atoms with Gasteiger partial charge in [0.25, 0.3) is 10.0 Å². The molecule has 0 unspecified atom stereocenters. The molecule has 0 aliphatic rings. The molecule has 0 aliphatic carbocycles. The third-order valence-electron chi connectivity index (χ3n) is 2.36. The van der Waals surface area contributed by atoms with Crippen LogP contribution < -0.4 is 4.72 Å². The van der Waals surface area contributed by atoms with Gasteiger partial charge in [-0.1, -0.05) is 0 Å². The highest BCUT2D eigenvalue weighted by molar-refractivity contribution is 7.92. The summed E-state index contributed by atoms with van der Waals surface area (Å²) in [4.78, 5) is 6.47.